The van der Waals surface area contributed by atoms with Crippen LogP contribution in [-0.4, -0.2) is 89.8 Å². The van der Waals surface area contributed by atoms with E-state index in [1.807, 2.05) is 19.9 Å². The molecule has 2 saturated carbocycles. The van der Waals surface area contributed by atoms with Crippen LogP contribution in [0.15, 0.2) is 24.3 Å². The Bertz CT molecular complexity index is 1900. The molecule has 5 rings (SSSR count). The van der Waals surface area contributed by atoms with Crippen molar-refractivity contribution in [3.63, 3.8) is 0 Å². The number of ether oxygens (including phenoxy) is 3. The molecule has 2 aromatic rings. The number of carbonyl (C=O) groups is 4. The minimum Gasteiger partial charge on any atom is -0.478 e. The highest BCUT2D eigenvalue weighted by molar-refractivity contribution is 7.91. The number of hydrogen-bond donors (Lipinski definition) is 3. The molecular formula is C40H58ClN5O9S. The predicted octanol–water partition coefficient (Wildman–Crippen LogP) is 5.88. The van der Waals surface area contributed by atoms with Crippen LogP contribution in [0.4, 0.5) is 4.79 Å². The van der Waals surface area contributed by atoms with E-state index in [1.165, 1.54) is 4.90 Å². The van der Waals surface area contributed by atoms with Crippen molar-refractivity contribution in [3.8, 4) is 11.8 Å². The van der Waals surface area contributed by atoms with E-state index in [9.17, 15) is 27.6 Å². The Labute approximate surface area is 335 Å². The first-order valence-corrected chi connectivity index (χ1v) is 21.8. The monoisotopic (exact) mass is 819 g/mol. The van der Waals surface area contributed by atoms with E-state index in [4.69, 9.17) is 25.8 Å². The SMILES string of the molecule is CCCOc1cc2c(Cl)cccc2c(OC2CC(C(=O)NC3(C(=O)NS(=O)(=O)C4CC4)CC3C)N(C(=O)C(NC(=O)OC(C)(C)C)C(C)CC(C)CCC)C2)n1. The Hall–Kier alpha value is -3.85. The quantitative estimate of drug-likeness (QED) is 0.174. The van der Waals surface area contributed by atoms with E-state index >= 15 is 0 Å². The molecule has 1 aromatic heterocycles. The molecule has 0 bridgehead atoms. The number of aromatic nitrogens is 1. The summed E-state index contributed by atoms with van der Waals surface area (Å²) < 4.78 is 45.6. The van der Waals surface area contributed by atoms with Crippen molar-refractivity contribution < 1.29 is 41.8 Å². The number of fused-ring (bicyclic) bond motifs is 1. The number of rotatable bonds is 17. The van der Waals surface area contributed by atoms with Gasteiger partial charge >= 0.3 is 6.09 Å². The van der Waals surface area contributed by atoms with Crippen LogP contribution in [0, 0.1) is 17.8 Å². The maximum absolute atomic E-state index is 14.8. The van der Waals surface area contributed by atoms with Gasteiger partial charge in [0.25, 0.3) is 5.91 Å². The van der Waals surface area contributed by atoms with Crippen LogP contribution in [0.2, 0.25) is 5.02 Å². The summed E-state index contributed by atoms with van der Waals surface area (Å²) in [5.41, 5.74) is -2.30. The molecule has 14 nitrogen and oxygen atoms in total. The number of nitrogens with one attached hydrogen (secondary N) is 3. The summed E-state index contributed by atoms with van der Waals surface area (Å²) in [4.78, 5) is 62.0. The fraction of sp³-hybridized carbons (Fsp3) is 0.675. The molecule has 7 unspecified atom stereocenters. The highest BCUT2D eigenvalue weighted by Crippen LogP contribution is 2.44. The normalized spacial score (nSPS) is 23.8. The average molecular weight is 820 g/mol. The lowest BCUT2D eigenvalue weighted by Crippen LogP contribution is -2.59. The Balaban J connectivity index is 1.48. The largest absolute Gasteiger partial charge is 0.478 e. The van der Waals surface area contributed by atoms with Gasteiger partial charge in [-0.2, -0.15) is 4.98 Å². The molecule has 0 radical (unpaired) electrons. The minimum absolute atomic E-state index is 0.00753. The second-order valence-corrected chi connectivity index (χ2v) is 19.3. The number of carbonyl (C=O) groups excluding carboxylic acids is 4. The fourth-order valence-corrected chi connectivity index (χ4v) is 9.08. The molecular weight excluding hydrogens is 762 g/mol. The molecule has 3 N–H and O–H groups in total. The van der Waals surface area contributed by atoms with Crippen molar-refractivity contribution in [1.29, 1.82) is 0 Å². The number of benzene rings is 1. The van der Waals surface area contributed by atoms with Gasteiger partial charge in [-0.05, 0) is 82.8 Å². The second kappa shape index (κ2) is 17.3. The molecule has 3 fully saturated rings. The van der Waals surface area contributed by atoms with Crippen molar-refractivity contribution in [1.82, 2.24) is 25.2 Å². The van der Waals surface area contributed by atoms with Gasteiger partial charge in [-0.15, -0.1) is 0 Å². The van der Waals surface area contributed by atoms with Crippen LogP contribution in [0.25, 0.3) is 10.8 Å². The predicted molar refractivity (Wildman–Crippen MR) is 213 cm³/mol. The molecule has 7 atom stereocenters. The summed E-state index contributed by atoms with van der Waals surface area (Å²) in [6, 6.07) is 4.84. The Kier molecular flexibility index (Phi) is 13.4. The van der Waals surface area contributed by atoms with E-state index in [2.05, 4.69) is 34.2 Å². The molecule has 56 heavy (non-hydrogen) atoms. The summed E-state index contributed by atoms with van der Waals surface area (Å²) in [6.45, 7) is 15.3. The minimum atomic E-state index is -3.88. The summed E-state index contributed by atoms with van der Waals surface area (Å²) in [7, 11) is -3.88. The number of halogens is 1. The lowest BCUT2D eigenvalue weighted by Gasteiger charge is -2.33. The second-order valence-electron chi connectivity index (χ2n) is 16.9. The summed E-state index contributed by atoms with van der Waals surface area (Å²) >= 11 is 6.59. The Morgan fingerprint density at radius 3 is 2.39 bits per heavy atom. The maximum atomic E-state index is 14.8. The number of likely N-dealkylation sites (tertiary alicyclic amines) is 1. The zero-order chi connectivity index (χ0) is 41.2. The van der Waals surface area contributed by atoms with Crippen LogP contribution in [0.5, 0.6) is 11.8 Å². The molecule has 310 valence electrons. The smallest absolute Gasteiger partial charge is 0.408 e. The zero-order valence-electron chi connectivity index (χ0n) is 33.8. The highest BCUT2D eigenvalue weighted by atomic mass is 35.5. The van der Waals surface area contributed by atoms with Gasteiger partial charge in [-0.3, -0.25) is 19.1 Å². The highest BCUT2D eigenvalue weighted by Gasteiger charge is 2.61. The number of amides is 4. The third-order valence-corrected chi connectivity index (χ3v) is 12.8. The van der Waals surface area contributed by atoms with Gasteiger partial charge in [0.05, 0.1) is 18.4 Å². The van der Waals surface area contributed by atoms with Crippen molar-refractivity contribution in [2.24, 2.45) is 17.8 Å². The van der Waals surface area contributed by atoms with Gasteiger partial charge in [0.2, 0.25) is 33.6 Å². The molecule has 1 aliphatic heterocycles. The fourth-order valence-electron chi connectivity index (χ4n) is 7.49. The van der Waals surface area contributed by atoms with E-state index in [1.54, 1.807) is 45.9 Å². The first kappa shape index (κ1) is 43.3. The van der Waals surface area contributed by atoms with Gasteiger partial charge in [0.15, 0.2) is 0 Å². The Morgan fingerprint density at radius 1 is 1.09 bits per heavy atom. The topological polar surface area (TPSA) is 182 Å². The first-order valence-electron chi connectivity index (χ1n) is 19.8. The van der Waals surface area contributed by atoms with Gasteiger partial charge < -0.3 is 29.7 Å². The molecule has 1 aromatic carbocycles. The van der Waals surface area contributed by atoms with E-state index < -0.39 is 68.4 Å². The van der Waals surface area contributed by atoms with Gasteiger partial charge in [-0.25, -0.2) is 13.2 Å². The van der Waals surface area contributed by atoms with Gasteiger partial charge in [0, 0.05) is 28.3 Å². The zero-order valence-corrected chi connectivity index (χ0v) is 35.3. The number of hydrogen-bond acceptors (Lipinski definition) is 10. The molecule has 4 amide bonds. The summed E-state index contributed by atoms with van der Waals surface area (Å²) in [6.07, 6.45) is 2.87. The van der Waals surface area contributed by atoms with Crippen molar-refractivity contribution >= 4 is 56.2 Å². The third kappa shape index (κ3) is 10.4. The molecule has 2 aliphatic carbocycles. The van der Waals surface area contributed by atoms with E-state index in [-0.39, 0.29) is 43.0 Å². The number of pyridine rings is 1. The van der Waals surface area contributed by atoms with Crippen LogP contribution in [-0.2, 0) is 29.1 Å². The number of alkyl carbamates (subject to hydrolysis) is 1. The van der Waals surface area contributed by atoms with Gasteiger partial charge in [-0.1, -0.05) is 65.1 Å². The first-order chi connectivity index (χ1) is 26.3. The summed E-state index contributed by atoms with van der Waals surface area (Å²) in [5.74, 6) is -1.91. The lowest BCUT2D eigenvalue weighted by molar-refractivity contribution is -0.142. The Morgan fingerprint density at radius 2 is 1.79 bits per heavy atom. The molecule has 16 heteroatoms. The van der Waals surface area contributed by atoms with Gasteiger partial charge in [0.1, 0.15) is 29.3 Å². The van der Waals surface area contributed by atoms with Crippen LogP contribution < -0.4 is 24.8 Å². The van der Waals surface area contributed by atoms with Crippen LogP contribution in [0.3, 0.4) is 0 Å². The number of sulfonamides is 1. The maximum Gasteiger partial charge on any atom is 0.408 e. The van der Waals surface area contributed by atoms with E-state index in [0.29, 0.717) is 47.5 Å². The average Bonchev–Trinajstić information content (AvgIpc) is 4.03. The molecule has 1 saturated heterocycles. The van der Waals surface area contributed by atoms with Crippen molar-refractivity contribution in [2.75, 3.05) is 13.2 Å². The number of nitrogens with zero attached hydrogens (tertiary/aromatic N) is 2. The summed E-state index contributed by atoms with van der Waals surface area (Å²) in [5, 5.41) is 6.74. The van der Waals surface area contributed by atoms with Crippen molar-refractivity contribution in [3.05, 3.63) is 29.3 Å². The van der Waals surface area contributed by atoms with Crippen molar-refractivity contribution in [2.45, 2.75) is 141 Å². The molecule has 2 heterocycles. The third-order valence-electron chi connectivity index (χ3n) is 10.7. The van der Waals surface area contributed by atoms with Crippen LogP contribution in [0.1, 0.15) is 107 Å². The van der Waals surface area contributed by atoms with E-state index in [0.717, 1.165) is 19.3 Å². The standard InChI is InChI=1S/C40H58ClN5O9S/c1-9-12-23(3)18-24(4)33(43-38(50)55-39(6,7)8)36(48)46-22-26(54-35-28-13-11-14-30(41)29(28)20-32(42-35)53-17-10-2)19-31(46)34(47)44-40(21-25(40)5)37(49)45-56(51,52)27-15-16-27/h11,13-14,20,23-27,31,33H,9-10,12,15-19,21-22H2,1-8H3,(H,43,50)(H,44,47)(H,45,49). The lowest BCUT2D eigenvalue weighted by atomic mass is 9.88. The van der Waals surface area contributed by atoms with Crippen LogP contribution >= 0.6 is 11.6 Å². The molecule has 3 aliphatic rings. The molecule has 0 spiro atoms.